The lowest BCUT2D eigenvalue weighted by Gasteiger charge is -2.48. The van der Waals surface area contributed by atoms with Gasteiger partial charge in [0.15, 0.2) is 0 Å². The Hall–Kier alpha value is -1.08. The van der Waals surface area contributed by atoms with E-state index in [9.17, 15) is 4.79 Å². The molecule has 0 spiro atoms. The first-order chi connectivity index (χ1) is 13.4. The second-order valence-electron chi connectivity index (χ2n) is 11.7. The molecule has 0 aromatic heterocycles. The van der Waals surface area contributed by atoms with Crippen molar-refractivity contribution in [2.75, 3.05) is 0 Å². The molecule has 4 atom stereocenters. The molecule has 0 N–H and O–H groups in total. The summed E-state index contributed by atoms with van der Waals surface area (Å²) in [5, 5.41) is 0. The van der Waals surface area contributed by atoms with E-state index < -0.39 is 16.6 Å². The van der Waals surface area contributed by atoms with Crippen molar-refractivity contribution in [1.29, 1.82) is 0 Å². The lowest BCUT2D eigenvalue weighted by atomic mass is 9.55. The van der Waals surface area contributed by atoms with E-state index in [2.05, 4.69) is 58.3 Å². The Morgan fingerprint density at radius 1 is 0.931 bits per heavy atom. The van der Waals surface area contributed by atoms with E-state index >= 15 is 0 Å². The number of hydrogen-bond acceptors (Lipinski definition) is 3. The van der Waals surface area contributed by atoms with E-state index in [1.807, 2.05) is 0 Å². The molecule has 29 heavy (non-hydrogen) atoms. The van der Waals surface area contributed by atoms with Crippen LogP contribution >= 0.6 is 0 Å². The Morgan fingerprint density at radius 2 is 1.62 bits per heavy atom. The molecule has 4 rings (SSSR count). The second-order valence-corrected chi connectivity index (χ2v) is 20.6. The SMILES string of the molecule is C[C@]12CC[C@@H]3c4ccc(O[Si](C)(C)C)c(O[Si](C)(C)C)c4CC[C@H]3[C@@H]1CCC2=O. The zero-order valence-electron chi connectivity index (χ0n) is 19.4. The van der Waals surface area contributed by atoms with Gasteiger partial charge in [-0.1, -0.05) is 13.0 Å². The summed E-state index contributed by atoms with van der Waals surface area (Å²) in [6.45, 7) is 15.7. The zero-order valence-corrected chi connectivity index (χ0v) is 21.4. The third-order valence-corrected chi connectivity index (χ3v) is 9.01. The first-order valence-corrected chi connectivity index (χ1v) is 18.3. The predicted molar refractivity (Wildman–Crippen MR) is 124 cm³/mol. The van der Waals surface area contributed by atoms with Gasteiger partial charge in [-0.3, -0.25) is 4.79 Å². The molecule has 0 bridgehead atoms. The number of fused-ring (bicyclic) bond motifs is 5. The molecule has 5 heteroatoms. The highest BCUT2D eigenvalue weighted by Crippen LogP contribution is 2.60. The van der Waals surface area contributed by atoms with E-state index in [0.717, 1.165) is 43.6 Å². The smallest absolute Gasteiger partial charge is 0.242 e. The Labute approximate surface area is 178 Å². The van der Waals surface area contributed by atoms with Crippen LogP contribution in [0.5, 0.6) is 11.5 Å². The minimum absolute atomic E-state index is 0.0583. The van der Waals surface area contributed by atoms with Gasteiger partial charge in [0.05, 0.1) is 0 Å². The zero-order chi connectivity index (χ0) is 21.2. The molecule has 0 aliphatic heterocycles. The van der Waals surface area contributed by atoms with Gasteiger partial charge in [0.1, 0.15) is 17.3 Å². The minimum Gasteiger partial charge on any atom is -0.542 e. The van der Waals surface area contributed by atoms with E-state index in [1.54, 1.807) is 0 Å². The highest BCUT2D eigenvalue weighted by Gasteiger charge is 2.54. The van der Waals surface area contributed by atoms with Gasteiger partial charge in [-0.15, -0.1) is 0 Å². The molecular weight excluding hydrogens is 392 g/mol. The summed E-state index contributed by atoms with van der Waals surface area (Å²) < 4.78 is 13.1. The summed E-state index contributed by atoms with van der Waals surface area (Å²) in [5.41, 5.74) is 2.83. The maximum absolute atomic E-state index is 12.6. The van der Waals surface area contributed by atoms with Gasteiger partial charge in [0.2, 0.25) is 16.6 Å². The highest BCUT2D eigenvalue weighted by molar-refractivity contribution is 6.71. The third kappa shape index (κ3) is 3.85. The predicted octanol–water partition coefficient (Wildman–Crippen LogP) is 6.54. The lowest BCUT2D eigenvalue weighted by molar-refractivity contribution is -0.129. The third-order valence-electron chi connectivity index (χ3n) is 7.36. The minimum atomic E-state index is -1.76. The van der Waals surface area contributed by atoms with Crippen molar-refractivity contribution in [1.82, 2.24) is 0 Å². The molecule has 3 nitrogen and oxygen atoms in total. The van der Waals surface area contributed by atoms with Crippen molar-refractivity contribution in [2.45, 2.75) is 90.6 Å². The van der Waals surface area contributed by atoms with E-state index in [4.69, 9.17) is 8.85 Å². The largest absolute Gasteiger partial charge is 0.542 e. The first kappa shape index (κ1) is 21.2. The van der Waals surface area contributed by atoms with Gasteiger partial charge in [0.25, 0.3) is 0 Å². The molecule has 2 saturated carbocycles. The number of Topliss-reactive ketones (excluding diaryl/α,β-unsaturated/α-hetero) is 1. The van der Waals surface area contributed by atoms with E-state index in [-0.39, 0.29) is 5.41 Å². The maximum Gasteiger partial charge on any atom is 0.242 e. The Morgan fingerprint density at radius 3 is 2.28 bits per heavy atom. The van der Waals surface area contributed by atoms with Gasteiger partial charge >= 0.3 is 0 Å². The highest BCUT2D eigenvalue weighted by atomic mass is 28.4. The van der Waals surface area contributed by atoms with E-state index in [1.165, 1.54) is 17.5 Å². The van der Waals surface area contributed by atoms with Crippen molar-refractivity contribution in [3.63, 3.8) is 0 Å². The van der Waals surface area contributed by atoms with Gasteiger partial charge in [0, 0.05) is 17.4 Å². The van der Waals surface area contributed by atoms with Crippen LogP contribution in [0.25, 0.3) is 0 Å². The molecule has 1 aromatic rings. The van der Waals surface area contributed by atoms with Crippen LogP contribution in [-0.4, -0.2) is 22.4 Å². The normalized spacial score (nSPS) is 31.7. The molecular formula is C24H38O3Si2. The van der Waals surface area contributed by atoms with Crippen molar-refractivity contribution >= 4 is 22.4 Å². The number of ketones is 1. The summed E-state index contributed by atoms with van der Waals surface area (Å²) in [6, 6.07) is 4.51. The quantitative estimate of drug-likeness (QED) is 0.509. The molecule has 3 aliphatic carbocycles. The van der Waals surface area contributed by atoms with Crippen LogP contribution < -0.4 is 8.85 Å². The van der Waals surface area contributed by atoms with Crippen LogP contribution in [0.1, 0.15) is 56.1 Å². The van der Waals surface area contributed by atoms with Gasteiger partial charge in [-0.2, -0.15) is 0 Å². The summed E-state index contributed by atoms with van der Waals surface area (Å²) >= 11 is 0. The molecule has 3 aliphatic rings. The maximum atomic E-state index is 12.6. The van der Waals surface area contributed by atoms with Crippen LogP contribution in [0.15, 0.2) is 12.1 Å². The van der Waals surface area contributed by atoms with Crippen molar-refractivity contribution in [2.24, 2.45) is 17.3 Å². The average Bonchev–Trinajstić information content (AvgIpc) is 2.89. The molecule has 0 unspecified atom stereocenters. The van der Waals surface area contributed by atoms with Gasteiger partial charge in [-0.25, -0.2) is 0 Å². The number of hydrogen-bond donors (Lipinski definition) is 0. The standard InChI is InChI=1S/C24H38O3Si2/c1-24-15-14-17-16-10-12-21(26-28(2,3)4)23(27-29(5,6)7)19(16)9-8-18(17)20(24)11-13-22(24)25/h10,12,17-18,20H,8-9,11,13-15H2,1-7H3/t17-,18-,20+,24+/m1/s1. The Kier molecular flexibility index (Phi) is 5.09. The van der Waals surface area contributed by atoms with Crippen LogP contribution in [0.3, 0.4) is 0 Å². The van der Waals surface area contributed by atoms with Crippen LogP contribution in [0, 0.1) is 17.3 Å². The monoisotopic (exact) mass is 430 g/mol. The number of benzene rings is 1. The average molecular weight is 431 g/mol. The van der Waals surface area contributed by atoms with E-state index in [0.29, 0.717) is 23.5 Å². The van der Waals surface area contributed by atoms with Gasteiger partial charge < -0.3 is 8.85 Å². The molecule has 0 radical (unpaired) electrons. The fourth-order valence-corrected chi connectivity index (χ4v) is 7.87. The summed E-state index contributed by atoms with van der Waals surface area (Å²) in [4.78, 5) is 12.6. The summed E-state index contributed by atoms with van der Waals surface area (Å²) in [5.74, 6) is 4.32. The van der Waals surface area contributed by atoms with Crippen molar-refractivity contribution in [3.8, 4) is 11.5 Å². The van der Waals surface area contributed by atoms with Crippen molar-refractivity contribution in [3.05, 3.63) is 23.3 Å². The number of rotatable bonds is 4. The number of carbonyl (C=O) groups excluding carboxylic acids is 1. The molecule has 1 aromatic carbocycles. The second kappa shape index (κ2) is 6.98. The van der Waals surface area contributed by atoms with Crippen LogP contribution in [-0.2, 0) is 11.2 Å². The number of carbonyl (C=O) groups is 1. The fraction of sp³-hybridized carbons (Fsp3) is 0.708. The molecule has 0 heterocycles. The van der Waals surface area contributed by atoms with Crippen LogP contribution in [0.2, 0.25) is 39.3 Å². The Bertz CT molecular complexity index is 821. The summed E-state index contributed by atoms with van der Waals surface area (Å²) in [6.07, 6.45) is 6.32. The van der Waals surface area contributed by atoms with Crippen molar-refractivity contribution < 1.29 is 13.6 Å². The fourth-order valence-electron chi connectivity index (χ4n) is 6.21. The molecule has 2 fully saturated rings. The lowest BCUT2D eigenvalue weighted by Crippen LogP contribution is -2.42. The first-order valence-electron chi connectivity index (χ1n) is 11.5. The molecule has 0 saturated heterocycles. The summed E-state index contributed by atoms with van der Waals surface area (Å²) in [7, 11) is -3.48. The molecule has 0 amide bonds. The topological polar surface area (TPSA) is 35.5 Å². The Balaban J connectivity index is 1.74. The van der Waals surface area contributed by atoms with Gasteiger partial charge in [-0.05, 0) is 101 Å². The van der Waals surface area contributed by atoms with Crippen LogP contribution in [0.4, 0.5) is 0 Å². The molecule has 160 valence electrons.